The van der Waals surface area contributed by atoms with Crippen LogP contribution in [0.25, 0.3) is 0 Å². The number of hydrogen-bond donors (Lipinski definition) is 3. The quantitative estimate of drug-likeness (QED) is 0.754. The number of benzene rings is 1. The molecule has 0 fully saturated rings. The second-order valence-electron chi connectivity index (χ2n) is 4.29. The van der Waals surface area contributed by atoms with Gasteiger partial charge >= 0.3 is 6.18 Å². The van der Waals surface area contributed by atoms with Gasteiger partial charge in [-0.15, -0.1) is 0 Å². The van der Waals surface area contributed by atoms with Crippen molar-refractivity contribution in [2.24, 2.45) is 5.73 Å². The van der Waals surface area contributed by atoms with Crippen molar-refractivity contribution >= 4 is 23.2 Å². The van der Waals surface area contributed by atoms with Gasteiger partial charge in [0.1, 0.15) is 0 Å². The summed E-state index contributed by atoms with van der Waals surface area (Å²) in [6, 6.07) is 5.20. The number of nitrogens with two attached hydrogens (primary N) is 2. The van der Waals surface area contributed by atoms with Crippen LogP contribution in [0.2, 0.25) is 0 Å². The summed E-state index contributed by atoms with van der Waals surface area (Å²) in [5.41, 5.74) is 8.60. The Morgan fingerprint density at radius 1 is 1.09 bits per heavy atom. The first-order chi connectivity index (χ1) is 10.2. The van der Waals surface area contributed by atoms with Gasteiger partial charge in [0.15, 0.2) is 11.5 Å². The molecule has 0 aliphatic rings. The molecule has 0 spiro atoms. The van der Waals surface area contributed by atoms with Gasteiger partial charge in [-0.1, -0.05) is 0 Å². The maximum absolute atomic E-state index is 12.9. The predicted molar refractivity (Wildman–Crippen MR) is 71.0 cm³/mol. The third kappa shape index (κ3) is 3.19. The van der Waals surface area contributed by atoms with Crippen molar-refractivity contribution in [1.29, 1.82) is 0 Å². The van der Waals surface area contributed by atoms with Crippen LogP contribution in [0.1, 0.15) is 26.7 Å². The van der Waals surface area contributed by atoms with Gasteiger partial charge in [0.25, 0.3) is 11.8 Å². The molecule has 2 rings (SSSR count). The molecule has 5 N–H and O–H groups in total. The van der Waals surface area contributed by atoms with Crippen LogP contribution < -0.4 is 16.8 Å². The number of alkyl halides is 3. The molecular weight excluding hydrogens is 303 g/mol. The summed E-state index contributed by atoms with van der Waals surface area (Å²) in [6.07, 6.45) is -4.69. The Morgan fingerprint density at radius 3 is 2.27 bits per heavy atom. The summed E-state index contributed by atoms with van der Waals surface area (Å²) in [5.74, 6) is -2.48. The highest BCUT2D eigenvalue weighted by Gasteiger charge is 2.34. The van der Waals surface area contributed by atoms with Crippen LogP contribution in [-0.2, 0) is 6.18 Å². The number of anilines is 2. The second kappa shape index (κ2) is 5.43. The molecule has 1 aromatic carbocycles. The number of halogens is 3. The molecule has 22 heavy (non-hydrogen) atoms. The van der Waals surface area contributed by atoms with Crippen molar-refractivity contribution < 1.29 is 27.2 Å². The molecule has 0 saturated heterocycles. The number of hydrogen-bond acceptors (Lipinski definition) is 4. The monoisotopic (exact) mass is 313 g/mol. The van der Waals surface area contributed by atoms with Crippen molar-refractivity contribution in [2.75, 3.05) is 11.1 Å². The number of furan rings is 1. The highest BCUT2D eigenvalue weighted by molar-refractivity contribution is 6.03. The van der Waals surface area contributed by atoms with E-state index in [9.17, 15) is 22.8 Å². The molecule has 6 nitrogen and oxygen atoms in total. The molecule has 0 bridgehead atoms. The highest BCUT2D eigenvalue weighted by Crippen LogP contribution is 2.36. The van der Waals surface area contributed by atoms with E-state index in [-0.39, 0.29) is 17.2 Å². The molecule has 9 heteroatoms. The van der Waals surface area contributed by atoms with Crippen LogP contribution in [0, 0.1) is 0 Å². The highest BCUT2D eigenvalue weighted by atomic mass is 19.4. The van der Waals surface area contributed by atoms with Gasteiger partial charge in [0.05, 0.1) is 11.3 Å². The molecule has 2 amide bonds. The molecule has 0 atom stereocenters. The summed E-state index contributed by atoms with van der Waals surface area (Å²) < 4.78 is 43.5. The molecule has 2 aromatic rings. The summed E-state index contributed by atoms with van der Waals surface area (Å²) in [5, 5.41) is 2.05. The molecule has 1 aromatic heterocycles. The zero-order valence-corrected chi connectivity index (χ0v) is 10.9. The van der Waals surface area contributed by atoms with Crippen molar-refractivity contribution in [3.05, 3.63) is 47.4 Å². The van der Waals surface area contributed by atoms with Gasteiger partial charge in [-0.3, -0.25) is 9.59 Å². The van der Waals surface area contributed by atoms with E-state index in [1.54, 1.807) is 0 Å². The molecule has 0 unspecified atom stereocenters. The zero-order valence-electron chi connectivity index (χ0n) is 10.9. The van der Waals surface area contributed by atoms with Crippen LogP contribution in [0.4, 0.5) is 24.5 Å². The van der Waals surface area contributed by atoms with E-state index >= 15 is 0 Å². The van der Waals surface area contributed by atoms with Crippen LogP contribution in [0.15, 0.2) is 34.7 Å². The average molecular weight is 313 g/mol. The Kier molecular flexibility index (Phi) is 3.81. The number of carbonyl (C=O) groups is 2. The summed E-state index contributed by atoms with van der Waals surface area (Å²) in [4.78, 5) is 22.7. The van der Waals surface area contributed by atoms with Crippen LogP contribution in [0.5, 0.6) is 0 Å². The SMILES string of the molecule is NC(=O)c1ccc(C(=O)Nc2ccc(N)cc2C(F)(F)F)o1. The van der Waals surface area contributed by atoms with Crippen LogP contribution in [0.3, 0.4) is 0 Å². The maximum atomic E-state index is 12.9. The number of nitrogen functional groups attached to an aromatic ring is 1. The van der Waals surface area contributed by atoms with Crippen molar-refractivity contribution in [3.8, 4) is 0 Å². The number of carbonyl (C=O) groups excluding carboxylic acids is 2. The minimum atomic E-state index is -4.69. The molecule has 0 saturated carbocycles. The topological polar surface area (TPSA) is 111 Å². The van der Waals surface area contributed by atoms with Crippen molar-refractivity contribution in [3.63, 3.8) is 0 Å². The number of nitrogens with one attached hydrogen (secondary N) is 1. The first kappa shape index (κ1) is 15.4. The average Bonchev–Trinajstić information content (AvgIpc) is 2.89. The fourth-order valence-corrected chi connectivity index (χ4v) is 1.68. The summed E-state index contributed by atoms with van der Waals surface area (Å²) >= 11 is 0. The third-order valence-corrected chi connectivity index (χ3v) is 2.67. The first-order valence-electron chi connectivity index (χ1n) is 5.86. The van der Waals surface area contributed by atoms with E-state index in [1.807, 2.05) is 0 Å². The molecule has 1 heterocycles. The fourth-order valence-electron chi connectivity index (χ4n) is 1.68. The fraction of sp³-hybridized carbons (Fsp3) is 0.0769. The number of rotatable bonds is 3. The standard InChI is InChI=1S/C13H10F3N3O3/c14-13(15,16)7-5-6(17)1-2-8(7)19-12(21)10-4-3-9(22-10)11(18)20/h1-5H,17H2,(H2,18,20)(H,19,21). The van der Waals surface area contributed by atoms with Crippen LogP contribution in [-0.4, -0.2) is 11.8 Å². The van der Waals surface area contributed by atoms with Gasteiger partial charge in [-0.25, -0.2) is 0 Å². The Bertz CT molecular complexity index is 738. The number of primary amides is 1. The lowest BCUT2D eigenvalue weighted by molar-refractivity contribution is -0.136. The van der Waals surface area contributed by atoms with Crippen molar-refractivity contribution in [1.82, 2.24) is 0 Å². The van der Waals surface area contributed by atoms with E-state index in [2.05, 4.69) is 5.32 Å². The normalized spacial score (nSPS) is 11.2. The Labute approximate surface area is 121 Å². The van der Waals surface area contributed by atoms with E-state index in [0.29, 0.717) is 6.07 Å². The second-order valence-corrected chi connectivity index (χ2v) is 4.29. The molecule has 0 aliphatic heterocycles. The molecule has 0 radical (unpaired) electrons. The third-order valence-electron chi connectivity index (χ3n) is 2.67. The lowest BCUT2D eigenvalue weighted by atomic mass is 10.1. The van der Waals surface area contributed by atoms with Crippen molar-refractivity contribution in [2.45, 2.75) is 6.18 Å². The smallest absolute Gasteiger partial charge is 0.418 e. The first-order valence-corrected chi connectivity index (χ1v) is 5.86. The van der Waals surface area contributed by atoms with E-state index in [4.69, 9.17) is 15.9 Å². The Hall–Kier alpha value is -2.97. The lowest BCUT2D eigenvalue weighted by Gasteiger charge is -2.13. The number of amides is 2. The largest absolute Gasteiger partial charge is 0.446 e. The van der Waals surface area contributed by atoms with Gasteiger partial charge in [-0.2, -0.15) is 13.2 Å². The summed E-state index contributed by atoms with van der Waals surface area (Å²) in [7, 11) is 0. The van der Waals surface area contributed by atoms with Gasteiger partial charge in [0, 0.05) is 5.69 Å². The molecule has 116 valence electrons. The minimum absolute atomic E-state index is 0.0978. The lowest BCUT2D eigenvalue weighted by Crippen LogP contribution is -2.16. The predicted octanol–water partition coefficient (Wildman–Crippen LogP) is 2.23. The Balaban J connectivity index is 2.30. The van der Waals surface area contributed by atoms with Gasteiger partial charge < -0.3 is 21.2 Å². The van der Waals surface area contributed by atoms with Crippen LogP contribution >= 0.6 is 0 Å². The van der Waals surface area contributed by atoms with E-state index < -0.39 is 29.2 Å². The van der Waals surface area contributed by atoms with Gasteiger partial charge in [0.2, 0.25) is 0 Å². The van der Waals surface area contributed by atoms with E-state index in [1.165, 1.54) is 6.07 Å². The minimum Gasteiger partial charge on any atom is -0.446 e. The molecule has 0 aliphatic carbocycles. The van der Waals surface area contributed by atoms with E-state index in [0.717, 1.165) is 18.2 Å². The molecular formula is C13H10F3N3O3. The zero-order chi connectivity index (χ0) is 16.5. The Morgan fingerprint density at radius 2 is 1.73 bits per heavy atom. The maximum Gasteiger partial charge on any atom is 0.418 e. The summed E-state index contributed by atoms with van der Waals surface area (Å²) in [6.45, 7) is 0. The van der Waals surface area contributed by atoms with Gasteiger partial charge in [-0.05, 0) is 30.3 Å².